The maximum atomic E-state index is 2.47. The van der Waals surface area contributed by atoms with Crippen molar-refractivity contribution in [2.45, 2.75) is 81.9 Å². The fraction of sp³-hybridized carbons (Fsp3) is 0.481. The average Bonchev–Trinajstić information content (AvgIpc) is 3.24. The molecule has 0 aliphatic heterocycles. The third-order valence-electron chi connectivity index (χ3n) is 7.23. The zero-order chi connectivity index (χ0) is 18.8. The van der Waals surface area contributed by atoms with Gasteiger partial charge in [-0.05, 0) is 70.6 Å². The molecule has 0 heterocycles. The summed E-state index contributed by atoms with van der Waals surface area (Å²) < 4.78 is 0. The fourth-order valence-electron chi connectivity index (χ4n) is 5.90. The predicted octanol–water partition coefficient (Wildman–Crippen LogP) is 8.66. The predicted molar refractivity (Wildman–Crippen MR) is 125 cm³/mol. The normalized spacial score (nSPS) is 21.9. The summed E-state index contributed by atoms with van der Waals surface area (Å²) in [6.07, 6.45) is 21.0. The van der Waals surface area contributed by atoms with Crippen LogP contribution in [0.15, 0.2) is 59.9 Å². The summed E-state index contributed by atoms with van der Waals surface area (Å²) in [4.78, 5) is 0. The Bertz CT molecular complexity index is 855. The number of hydrogen-bond acceptors (Lipinski definition) is 0. The highest BCUT2D eigenvalue weighted by atomic mass is 31.1. The van der Waals surface area contributed by atoms with Crippen LogP contribution in [0.5, 0.6) is 0 Å². The van der Waals surface area contributed by atoms with Gasteiger partial charge in [-0.3, -0.25) is 0 Å². The van der Waals surface area contributed by atoms with Crippen molar-refractivity contribution in [2.75, 3.05) is 0 Å². The van der Waals surface area contributed by atoms with Crippen molar-refractivity contribution in [3.8, 4) is 0 Å². The van der Waals surface area contributed by atoms with Gasteiger partial charge >= 0.3 is 0 Å². The smallest absolute Gasteiger partial charge is 0.00833 e. The van der Waals surface area contributed by atoms with Crippen LogP contribution in [0.3, 0.4) is 0 Å². The summed E-state index contributed by atoms with van der Waals surface area (Å²) in [5, 5.41) is 4.67. The summed E-state index contributed by atoms with van der Waals surface area (Å²) in [6, 6.07) is 15.9. The van der Waals surface area contributed by atoms with Gasteiger partial charge in [0.25, 0.3) is 0 Å². The van der Waals surface area contributed by atoms with Gasteiger partial charge < -0.3 is 0 Å². The van der Waals surface area contributed by atoms with Crippen molar-refractivity contribution >= 4 is 24.3 Å². The van der Waals surface area contributed by atoms with Crippen molar-refractivity contribution in [1.82, 2.24) is 0 Å². The molecule has 2 saturated carbocycles. The summed E-state index contributed by atoms with van der Waals surface area (Å²) in [5.41, 5.74) is 5.07. The zero-order valence-corrected chi connectivity index (χ0v) is 18.0. The van der Waals surface area contributed by atoms with E-state index < -0.39 is 0 Å². The van der Waals surface area contributed by atoms with E-state index >= 15 is 0 Å². The molecule has 0 bridgehead atoms. The maximum absolute atomic E-state index is 2.47. The first kappa shape index (κ1) is 18.6. The van der Waals surface area contributed by atoms with Crippen molar-refractivity contribution in [1.29, 1.82) is 0 Å². The average molecular weight is 389 g/mol. The van der Waals surface area contributed by atoms with Crippen LogP contribution < -0.4 is 0 Å². The van der Waals surface area contributed by atoms with E-state index in [1.807, 2.05) is 5.31 Å². The molecule has 28 heavy (non-hydrogen) atoms. The van der Waals surface area contributed by atoms with E-state index in [0.29, 0.717) is 0 Å². The molecular weight excluding hydrogens is 355 g/mol. The molecule has 2 fully saturated rings. The minimum Gasteiger partial charge on any atom is -0.0794 e. The summed E-state index contributed by atoms with van der Waals surface area (Å²) in [7, 11) is 0.000695. The second-order valence-electron chi connectivity index (χ2n) is 8.98. The topological polar surface area (TPSA) is 0 Å². The fourth-order valence-corrected chi connectivity index (χ4v) is 10.0. The van der Waals surface area contributed by atoms with Gasteiger partial charge in [-0.25, -0.2) is 0 Å². The zero-order valence-electron chi connectivity index (χ0n) is 17.1. The summed E-state index contributed by atoms with van der Waals surface area (Å²) >= 11 is 0. The van der Waals surface area contributed by atoms with E-state index in [4.69, 9.17) is 0 Å². The second-order valence-corrected chi connectivity index (χ2v) is 11.8. The summed E-state index contributed by atoms with van der Waals surface area (Å²) in [5.74, 6) is 0. The quantitative estimate of drug-likeness (QED) is 0.460. The van der Waals surface area contributed by atoms with Gasteiger partial charge in [0.2, 0.25) is 0 Å². The first-order chi connectivity index (χ1) is 13.9. The minimum absolute atomic E-state index is 0.000695. The van der Waals surface area contributed by atoms with Crippen LogP contribution in [0.4, 0.5) is 0 Å². The second kappa shape index (κ2) is 8.54. The standard InChI is InChI=1S/C27H33P/c1-3-13-22(14-4-1)28(23-15-5-2-6-16-23)27-20-10-19-26(27)25-18-9-12-21-11-7-8-17-24(21)25/h7-12,17-19,22-23H,1-6,13-16,20H2. The Balaban J connectivity index is 1.60. The Kier molecular flexibility index (Phi) is 5.68. The first-order valence-corrected chi connectivity index (χ1v) is 13.1. The number of allylic oxidation sites excluding steroid dienone is 4. The monoisotopic (exact) mass is 388 g/mol. The van der Waals surface area contributed by atoms with E-state index in [1.165, 1.54) is 87.0 Å². The van der Waals surface area contributed by atoms with E-state index in [-0.39, 0.29) is 7.92 Å². The molecule has 2 aromatic rings. The molecule has 0 saturated heterocycles. The lowest BCUT2D eigenvalue weighted by Crippen LogP contribution is -2.21. The molecule has 0 radical (unpaired) electrons. The van der Waals surface area contributed by atoms with Crippen molar-refractivity contribution in [3.63, 3.8) is 0 Å². The van der Waals surface area contributed by atoms with E-state index in [0.717, 1.165) is 11.3 Å². The molecule has 0 amide bonds. The molecule has 5 rings (SSSR count). The Hall–Kier alpha value is -1.39. The van der Waals surface area contributed by atoms with Crippen LogP contribution in [0.1, 0.15) is 76.2 Å². The van der Waals surface area contributed by atoms with E-state index in [9.17, 15) is 0 Å². The summed E-state index contributed by atoms with van der Waals surface area (Å²) in [6.45, 7) is 0. The van der Waals surface area contributed by atoms with Gasteiger partial charge in [0.1, 0.15) is 0 Å². The highest BCUT2D eigenvalue weighted by Gasteiger charge is 2.35. The van der Waals surface area contributed by atoms with E-state index in [2.05, 4.69) is 54.6 Å². The van der Waals surface area contributed by atoms with Crippen molar-refractivity contribution < 1.29 is 0 Å². The molecule has 1 heteroatoms. The van der Waals surface area contributed by atoms with Crippen LogP contribution in [0.25, 0.3) is 16.3 Å². The van der Waals surface area contributed by atoms with Gasteiger partial charge in [-0.2, -0.15) is 0 Å². The Morgan fingerprint density at radius 2 is 1.32 bits per heavy atom. The molecule has 0 aromatic heterocycles. The van der Waals surface area contributed by atoms with Crippen LogP contribution in [-0.2, 0) is 0 Å². The molecule has 0 nitrogen and oxygen atoms in total. The van der Waals surface area contributed by atoms with Crippen LogP contribution in [0, 0.1) is 0 Å². The number of benzene rings is 2. The van der Waals surface area contributed by atoms with Gasteiger partial charge in [-0.15, -0.1) is 0 Å². The molecule has 0 atom stereocenters. The molecule has 3 aliphatic carbocycles. The highest BCUT2D eigenvalue weighted by molar-refractivity contribution is 7.63. The third kappa shape index (κ3) is 3.61. The van der Waals surface area contributed by atoms with Crippen molar-refractivity contribution in [3.05, 3.63) is 65.5 Å². The van der Waals surface area contributed by atoms with Gasteiger partial charge in [0.15, 0.2) is 0 Å². The van der Waals surface area contributed by atoms with E-state index in [1.54, 1.807) is 5.57 Å². The molecular formula is C27H33P. The molecule has 0 unspecified atom stereocenters. The SMILES string of the molecule is C1=CC(c2cccc3ccccc23)=C(P(C2CCCCC2)C2CCCCC2)C1. The van der Waals surface area contributed by atoms with Gasteiger partial charge in [0, 0.05) is 0 Å². The lowest BCUT2D eigenvalue weighted by Gasteiger charge is -2.40. The first-order valence-electron chi connectivity index (χ1n) is 11.6. The maximum Gasteiger partial charge on any atom is -0.00833 e. The molecule has 0 N–H and O–H groups in total. The lowest BCUT2D eigenvalue weighted by atomic mass is 9.99. The largest absolute Gasteiger partial charge is 0.0794 e. The molecule has 146 valence electrons. The Morgan fingerprint density at radius 1 is 0.679 bits per heavy atom. The van der Waals surface area contributed by atoms with Gasteiger partial charge in [-0.1, -0.05) is 101 Å². The number of rotatable bonds is 4. The Labute approximate surface area is 171 Å². The lowest BCUT2D eigenvalue weighted by molar-refractivity contribution is 0.486. The van der Waals surface area contributed by atoms with Crippen LogP contribution in [-0.4, -0.2) is 11.3 Å². The van der Waals surface area contributed by atoms with Gasteiger partial charge in [0.05, 0.1) is 0 Å². The highest BCUT2D eigenvalue weighted by Crippen LogP contribution is 2.64. The molecule has 2 aromatic carbocycles. The third-order valence-corrected chi connectivity index (χ3v) is 10.9. The Morgan fingerprint density at radius 3 is 2.04 bits per heavy atom. The number of hydrogen-bond donors (Lipinski definition) is 0. The molecule has 3 aliphatic rings. The molecule has 0 spiro atoms. The minimum atomic E-state index is 0.000695. The van der Waals surface area contributed by atoms with Crippen LogP contribution >= 0.6 is 7.92 Å². The number of fused-ring (bicyclic) bond motifs is 1. The van der Waals surface area contributed by atoms with Crippen molar-refractivity contribution in [2.24, 2.45) is 0 Å². The van der Waals surface area contributed by atoms with Crippen LogP contribution in [0.2, 0.25) is 0 Å².